The van der Waals surface area contributed by atoms with E-state index in [0.717, 1.165) is 30.7 Å². The van der Waals surface area contributed by atoms with Gasteiger partial charge in [-0.3, -0.25) is 4.79 Å². The molecule has 0 saturated heterocycles. The van der Waals surface area contributed by atoms with Crippen molar-refractivity contribution in [3.8, 4) is 0 Å². The van der Waals surface area contributed by atoms with Crippen LogP contribution in [-0.4, -0.2) is 30.4 Å². The predicted molar refractivity (Wildman–Crippen MR) is 87.3 cm³/mol. The lowest BCUT2D eigenvalue weighted by Crippen LogP contribution is -2.39. The van der Waals surface area contributed by atoms with Gasteiger partial charge in [0, 0.05) is 18.7 Å². The third-order valence-corrected chi connectivity index (χ3v) is 4.90. The number of amides is 1. The predicted octanol–water partition coefficient (Wildman–Crippen LogP) is 3.23. The Morgan fingerprint density at radius 1 is 1.19 bits per heavy atom. The smallest absolute Gasteiger partial charge is 0.253 e. The van der Waals surface area contributed by atoms with E-state index in [1.165, 1.54) is 24.8 Å². The number of hydrogen-bond acceptors (Lipinski definition) is 2. The van der Waals surface area contributed by atoms with Crippen molar-refractivity contribution in [2.24, 2.45) is 11.7 Å². The highest BCUT2D eigenvalue weighted by Gasteiger charge is 2.26. The maximum Gasteiger partial charge on any atom is 0.253 e. The minimum absolute atomic E-state index is 0.147. The molecular formula is C18H28N2O. The van der Waals surface area contributed by atoms with Gasteiger partial charge in [0.2, 0.25) is 0 Å². The van der Waals surface area contributed by atoms with Crippen LogP contribution in [0.2, 0.25) is 0 Å². The Balaban J connectivity index is 1.95. The highest BCUT2D eigenvalue weighted by Crippen LogP contribution is 2.29. The molecule has 21 heavy (non-hydrogen) atoms. The average Bonchev–Trinajstić information content (AvgIpc) is 2.54. The molecule has 3 heteroatoms. The van der Waals surface area contributed by atoms with E-state index in [9.17, 15) is 4.79 Å². The van der Waals surface area contributed by atoms with Crippen LogP contribution in [0.3, 0.4) is 0 Å². The molecule has 1 amide bonds. The topological polar surface area (TPSA) is 46.3 Å². The lowest BCUT2D eigenvalue weighted by atomic mass is 9.84. The Morgan fingerprint density at radius 2 is 1.81 bits per heavy atom. The van der Waals surface area contributed by atoms with Crippen molar-refractivity contribution in [1.82, 2.24) is 4.90 Å². The first-order valence-electron chi connectivity index (χ1n) is 8.21. The first-order chi connectivity index (χ1) is 10.2. The molecule has 3 nitrogen and oxygen atoms in total. The Labute approximate surface area is 128 Å². The molecule has 0 aromatic heterocycles. The van der Waals surface area contributed by atoms with Crippen LogP contribution < -0.4 is 5.73 Å². The molecule has 1 aromatic rings. The minimum Gasteiger partial charge on any atom is -0.339 e. The maximum absolute atomic E-state index is 12.6. The SMILES string of the molecule is CCC1CCC(N(C)C(=O)c2ccc(CCN)cc2)CC1. The number of nitrogens with two attached hydrogens (primary N) is 1. The van der Waals surface area contributed by atoms with Crippen LogP contribution in [-0.2, 0) is 6.42 Å². The van der Waals surface area contributed by atoms with Gasteiger partial charge in [-0.2, -0.15) is 0 Å². The number of carbonyl (C=O) groups excluding carboxylic acids is 1. The van der Waals surface area contributed by atoms with Crippen molar-refractivity contribution in [1.29, 1.82) is 0 Å². The van der Waals surface area contributed by atoms with E-state index in [4.69, 9.17) is 5.73 Å². The standard InChI is InChI=1S/C18H28N2O/c1-3-14-6-10-17(11-7-14)20(2)18(21)16-8-4-15(5-9-16)12-13-19/h4-5,8-9,14,17H,3,6-7,10-13,19H2,1-2H3. The van der Waals surface area contributed by atoms with Crippen LogP contribution in [0.25, 0.3) is 0 Å². The zero-order chi connectivity index (χ0) is 15.2. The fourth-order valence-corrected chi connectivity index (χ4v) is 3.29. The summed E-state index contributed by atoms with van der Waals surface area (Å²) >= 11 is 0. The Kier molecular flexibility index (Phi) is 5.80. The third-order valence-electron chi connectivity index (χ3n) is 4.90. The Bertz CT molecular complexity index is 447. The lowest BCUT2D eigenvalue weighted by Gasteiger charge is -2.34. The van der Waals surface area contributed by atoms with Crippen LogP contribution in [0.5, 0.6) is 0 Å². The Hall–Kier alpha value is -1.35. The summed E-state index contributed by atoms with van der Waals surface area (Å²) in [6.07, 6.45) is 6.94. The Morgan fingerprint density at radius 3 is 2.33 bits per heavy atom. The summed E-state index contributed by atoms with van der Waals surface area (Å²) in [5.41, 5.74) is 7.53. The summed E-state index contributed by atoms with van der Waals surface area (Å²) in [5.74, 6) is 1.01. The summed E-state index contributed by atoms with van der Waals surface area (Å²) in [6.45, 7) is 2.91. The molecule has 2 rings (SSSR count). The van der Waals surface area contributed by atoms with Gasteiger partial charge in [-0.1, -0.05) is 25.5 Å². The van der Waals surface area contributed by atoms with Crippen molar-refractivity contribution in [2.75, 3.05) is 13.6 Å². The number of benzene rings is 1. The minimum atomic E-state index is 0.147. The summed E-state index contributed by atoms with van der Waals surface area (Å²) in [4.78, 5) is 14.5. The van der Waals surface area contributed by atoms with E-state index in [0.29, 0.717) is 12.6 Å². The van der Waals surface area contributed by atoms with E-state index in [1.807, 2.05) is 36.2 Å². The van der Waals surface area contributed by atoms with E-state index < -0.39 is 0 Å². The number of rotatable bonds is 5. The van der Waals surface area contributed by atoms with Crippen molar-refractivity contribution in [3.63, 3.8) is 0 Å². The van der Waals surface area contributed by atoms with Gasteiger partial charge in [0.15, 0.2) is 0 Å². The largest absolute Gasteiger partial charge is 0.339 e. The average molecular weight is 288 g/mol. The molecule has 1 aromatic carbocycles. The van der Waals surface area contributed by atoms with Gasteiger partial charge in [-0.15, -0.1) is 0 Å². The van der Waals surface area contributed by atoms with Crippen molar-refractivity contribution < 1.29 is 4.79 Å². The number of nitrogens with zero attached hydrogens (tertiary/aromatic N) is 1. The molecule has 0 spiro atoms. The van der Waals surface area contributed by atoms with Gasteiger partial charge in [0.05, 0.1) is 0 Å². The zero-order valence-electron chi connectivity index (χ0n) is 13.3. The second-order valence-electron chi connectivity index (χ2n) is 6.23. The van der Waals surface area contributed by atoms with Crippen LogP contribution >= 0.6 is 0 Å². The van der Waals surface area contributed by atoms with E-state index >= 15 is 0 Å². The summed E-state index contributed by atoms with van der Waals surface area (Å²) in [6, 6.07) is 8.30. The van der Waals surface area contributed by atoms with Gasteiger partial charge < -0.3 is 10.6 Å². The molecule has 116 valence electrons. The zero-order valence-corrected chi connectivity index (χ0v) is 13.3. The fourth-order valence-electron chi connectivity index (χ4n) is 3.29. The summed E-state index contributed by atoms with van der Waals surface area (Å²) < 4.78 is 0. The second kappa shape index (κ2) is 7.60. The highest BCUT2D eigenvalue weighted by molar-refractivity contribution is 5.94. The first kappa shape index (κ1) is 16.0. The van der Waals surface area contributed by atoms with Crippen LogP contribution in [0, 0.1) is 5.92 Å². The molecule has 0 radical (unpaired) electrons. The lowest BCUT2D eigenvalue weighted by molar-refractivity contribution is 0.0674. The van der Waals surface area contributed by atoms with Gasteiger partial charge in [0.1, 0.15) is 0 Å². The molecule has 1 aliphatic carbocycles. The van der Waals surface area contributed by atoms with Gasteiger partial charge in [-0.25, -0.2) is 0 Å². The van der Waals surface area contributed by atoms with Crippen LogP contribution in [0.1, 0.15) is 54.9 Å². The van der Waals surface area contributed by atoms with E-state index in [1.54, 1.807) is 0 Å². The molecule has 1 saturated carbocycles. The maximum atomic E-state index is 12.6. The highest BCUT2D eigenvalue weighted by atomic mass is 16.2. The molecule has 1 aliphatic rings. The molecule has 1 fully saturated rings. The molecule has 0 bridgehead atoms. The molecule has 0 unspecified atom stereocenters. The van der Waals surface area contributed by atoms with E-state index in [-0.39, 0.29) is 5.91 Å². The van der Waals surface area contributed by atoms with Gasteiger partial charge in [-0.05, 0) is 62.3 Å². The molecular weight excluding hydrogens is 260 g/mol. The molecule has 0 atom stereocenters. The second-order valence-corrected chi connectivity index (χ2v) is 6.23. The number of hydrogen-bond donors (Lipinski definition) is 1. The van der Waals surface area contributed by atoms with E-state index in [2.05, 4.69) is 6.92 Å². The summed E-state index contributed by atoms with van der Waals surface area (Å²) in [5, 5.41) is 0. The normalized spacial score (nSPS) is 22.0. The molecule has 0 heterocycles. The third kappa shape index (κ3) is 4.07. The van der Waals surface area contributed by atoms with Crippen molar-refractivity contribution in [2.45, 2.75) is 51.5 Å². The monoisotopic (exact) mass is 288 g/mol. The van der Waals surface area contributed by atoms with Gasteiger partial charge >= 0.3 is 0 Å². The summed E-state index contributed by atoms with van der Waals surface area (Å²) in [7, 11) is 1.95. The van der Waals surface area contributed by atoms with Crippen LogP contribution in [0.15, 0.2) is 24.3 Å². The quantitative estimate of drug-likeness (QED) is 0.904. The van der Waals surface area contributed by atoms with Crippen LogP contribution in [0.4, 0.5) is 0 Å². The fraction of sp³-hybridized carbons (Fsp3) is 0.611. The first-order valence-corrected chi connectivity index (χ1v) is 8.21. The molecule has 2 N–H and O–H groups in total. The number of carbonyl (C=O) groups is 1. The van der Waals surface area contributed by atoms with Crippen molar-refractivity contribution in [3.05, 3.63) is 35.4 Å². The van der Waals surface area contributed by atoms with Gasteiger partial charge in [0.25, 0.3) is 5.91 Å². The molecule has 0 aliphatic heterocycles. The van der Waals surface area contributed by atoms with Crippen molar-refractivity contribution >= 4 is 5.91 Å².